The lowest BCUT2D eigenvalue weighted by molar-refractivity contribution is 0.0363. The average Bonchev–Trinajstić information content (AvgIpc) is 2.95. The van der Waals surface area contributed by atoms with Gasteiger partial charge in [0.15, 0.2) is 0 Å². The van der Waals surface area contributed by atoms with Gasteiger partial charge in [-0.25, -0.2) is 0 Å². The molecule has 0 unspecified atom stereocenters. The molecule has 0 aromatic rings. The maximum absolute atomic E-state index is 5.42. The van der Waals surface area contributed by atoms with Crippen molar-refractivity contribution in [3.8, 4) is 0 Å². The Kier molecular flexibility index (Phi) is 3.84. The monoisotopic (exact) mass is 276 g/mol. The average molecular weight is 276 g/mol. The number of hydrogen-bond acceptors (Lipinski definition) is 3. The Labute approximate surface area is 122 Å². The molecule has 5 rings (SSSR count). The van der Waals surface area contributed by atoms with Gasteiger partial charge in [-0.3, -0.25) is 4.90 Å². The van der Waals surface area contributed by atoms with Gasteiger partial charge in [-0.05, 0) is 56.0 Å². The third-order valence-electron chi connectivity index (χ3n) is 6.08. The van der Waals surface area contributed by atoms with Crippen LogP contribution in [0.4, 0.5) is 0 Å². The molecule has 2 aliphatic heterocycles. The highest BCUT2D eigenvalue weighted by molar-refractivity contribution is 5.12. The number of rotatable bonds is 4. The standard InChI is InChI=1S/C17H28N2O/c1(6-18-8-10-20-11-9-18)7-19-12-16-14-2-3-15(5-4-14)17(16)13-19/h2-3,14-17H,1,4-13H2/t14-,15-,16-,17-/m1/s1. The molecule has 0 aromatic heterocycles. The molecule has 1 saturated carbocycles. The molecule has 0 amide bonds. The molecule has 2 bridgehead atoms. The van der Waals surface area contributed by atoms with Crippen molar-refractivity contribution in [2.24, 2.45) is 23.7 Å². The van der Waals surface area contributed by atoms with Gasteiger partial charge in [0.05, 0.1) is 13.2 Å². The molecule has 3 nitrogen and oxygen atoms in total. The SMILES string of the molecule is C1=C[C@@H]2CC[C@@H]1[C@H]1CN(CCCN3CCOCC3)C[C@@H]12. The minimum absolute atomic E-state index is 0.911. The number of morpholine rings is 1. The smallest absolute Gasteiger partial charge is 0.0594 e. The van der Waals surface area contributed by atoms with Crippen LogP contribution in [-0.4, -0.2) is 62.3 Å². The fourth-order valence-corrected chi connectivity index (χ4v) is 4.95. The van der Waals surface area contributed by atoms with E-state index in [1.54, 1.807) is 0 Å². The molecule has 20 heavy (non-hydrogen) atoms. The molecule has 0 N–H and O–H groups in total. The predicted octanol–water partition coefficient (Wildman–Crippen LogP) is 1.85. The van der Waals surface area contributed by atoms with E-state index in [2.05, 4.69) is 22.0 Å². The van der Waals surface area contributed by atoms with Gasteiger partial charge in [-0.1, -0.05) is 12.2 Å². The molecule has 112 valence electrons. The summed E-state index contributed by atoms with van der Waals surface area (Å²) in [5.74, 6) is 3.80. The quantitative estimate of drug-likeness (QED) is 0.729. The number of nitrogens with zero attached hydrogens (tertiary/aromatic N) is 2. The van der Waals surface area contributed by atoms with Gasteiger partial charge in [0.1, 0.15) is 0 Å². The molecule has 2 heterocycles. The van der Waals surface area contributed by atoms with E-state index in [4.69, 9.17) is 4.74 Å². The topological polar surface area (TPSA) is 15.7 Å². The molecule has 3 fully saturated rings. The van der Waals surface area contributed by atoms with E-state index in [1.807, 2.05) is 0 Å². The number of hydrogen-bond donors (Lipinski definition) is 0. The Hall–Kier alpha value is -0.380. The third-order valence-corrected chi connectivity index (χ3v) is 6.08. The Balaban J connectivity index is 1.23. The van der Waals surface area contributed by atoms with Crippen LogP contribution in [0.1, 0.15) is 19.3 Å². The van der Waals surface area contributed by atoms with E-state index in [9.17, 15) is 0 Å². The van der Waals surface area contributed by atoms with E-state index in [-0.39, 0.29) is 0 Å². The number of fused-ring (bicyclic) bond motifs is 1. The molecular formula is C17H28N2O. The van der Waals surface area contributed by atoms with Crippen LogP contribution in [0.2, 0.25) is 0 Å². The van der Waals surface area contributed by atoms with Crippen LogP contribution in [0.5, 0.6) is 0 Å². The van der Waals surface area contributed by atoms with E-state index in [1.165, 1.54) is 45.4 Å². The van der Waals surface area contributed by atoms with Gasteiger partial charge in [0.2, 0.25) is 0 Å². The molecule has 2 saturated heterocycles. The summed E-state index contributed by atoms with van der Waals surface area (Å²) in [6.07, 6.45) is 9.33. The van der Waals surface area contributed by atoms with Crippen LogP contribution in [0, 0.1) is 23.7 Å². The molecule has 4 atom stereocenters. The van der Waals surface area contributed by atoms with Crippen molar-refractivity contribution in [3.63, 3.8) is 0 Å². The van der Waals surface area contributed by atoms with Crippen LogP contribution in [-0.2, 0) is 4.74 Å². The van der Waals surface area contributed by atoms with Crippen LogP contribution in [0.25, 0.3) is 0 Å². The largest absolute Gasteiger partial charge is 0.379 e. The van der Waals surface area contributed by atoms with Crippen LogP contribution in [0.3, 0.4) is 0 Å². The molecule has 3 aliphatic carbocycles. The van der Waals surface area contributed by atoms with Gasteiger partial charge >= 0.3 is 0 Å². The highest BCUT2D eigenvalue weighted by Gasteiger charge is 2.45. The lowest BCUT2D eigenvalue weighted by Gasteiger charge is -2.40. The summed E-state index contributed by atoms with van der Waals surface area (Å²) in [4.78, 5) is 5.33. The predicted molar refractivity (Wildman–Crippen MR) is 80.7 cm³/mol. The van der Waals surface area contributed by atoms with E-state index >= 15 is 0 Å². The Bertz CT molecular complexity index is 342. The van der Waals surface area contributed by atoms with Crippen LogP contribution < -0.4 is 0 Å². The highest BCUT2D eigenvalue weighted by Crippen LogP contribution is 2.48. The first-order valence-corrected chi connectivity index (χ1v) is 8.61. The van der Waals surface area contributed by atoms with E-state index in [0.29, 0.717) is 0 Å². The van der Waals surface area contributed by atoms with Crippen molar-refractivity contribution < 1.29 is 4.74 Å². The summed E-state index contributed by atoms with van der Waals surface area (Å²) < 4.78 is 5.42. The molecular weight excluding hydrogens is 248 g/mol. The zero-order valence-corrected chi connectivity index (χ0v) is 12.5. The number of ether oxygens (including phenoxy) is 1. The molecule has 0 spiro atoms. The second-order valence-electron chi connectivity index (χ2n) is 7.18. The Morgan fingerprint density at radius 1 is 0.850 bits per heavy atom. The first kappa shape index (κ1) is 13.3. The normalized spacial score (nSPS) is 41.2. The molecule has 0 radical (unpaired) electrons. The summed E-state index contributed by atoms with van der Waals surface area (Å²) in [5, 5.41) is 0. The fourth-order valence-electron chi connectivity index (χ4n) is 4.95. The summed E-state index contributed by atoms with van der Waals surface area (Å²) in [5.41, 5.74) is 0. The third kappa shape index (κ3) is 2.56. The zero-order valence-electron chi connectivity index (χ0n) is 12.5. The minimum Gasteiger partial charge on any atom is -0.379 e. The van der Waals surface area contributed by atoms with E-state index < -0.39 is 0 Å². The van der Waals surface area contributed by atoms with Crippen molar-refractivity contribution >= 4 is 0 Å². The number of allylic oxidation sites excluding steroid dienone is 2. The number of likely N-dealkylation sites (tertiary alicyclic amines) is 1. The zero-order chi connectivity index (χ0) is 13.4. The van der Waals surface area contributed by atoms with Crippen molar-refractivity contribution in [3.05, 3.63) is 12.2 Å². The van der Waals surface area contributed by atoms with Gasteiger partial charge in [-0.2, -0.15) is 0 Å². The molecule has 5 aliphatic rings. The van der Waals surface area contributed by atoms with Gasteiger partial charge < -0.3 is 9.64 Å². The first-order valence-electron chi connectivity index (χ1n) is 8.61. The fraction of sp³-hybridized carbons (Fsp3) is 0.882. The van der Waals surface area contributed by atoms with Crippen molar-refractivity contribution in [2.45, 2.75) is 19.3 Å². The van der Waals surface area contributed by atoms with E-state index in [0.717, 1.165) is 50.0 Å². The second kappa shape index (κ2) is 5.78. The van der Waals surface area contributed by atoms with Gasteiger partial charge in [0.25, 0.3) is 0 Å². The van der Waals surface area contributed by atoms with Crippen molar-refractivity contribution in [1.82, 2.24) is 9.80 Å². The van der Waals surface area contributed by atoms with Gasteiger partial charge in [0, 0.05) is 26.2 Å². The minimum atomic E-state index is 0.911. The van der Waals surface area contributed by atoms with Crippen LogP contribution >= 0.6 is 0 Å². The van der Waals surface area contributed by atoms with Gasteiger partial charge in [-0.15, -0.1) is 0 Å². The summed E-state index contributed by atoms with van der Waals surface area (Å²) in [7, 11) is 0. The summed E-state index contributed by atoms with van der Waals surface area (Å²) >= 11 is 0. The van der Waals surface area contributed by atoms with Crippen LogP contribution in [0.15, 0.2) is 12.2 Å². The molecule has 0 aromatic carbocycles. The highest BCUT2D eigenvalue weighted by atomic mass is 16.5. The lowest BCUT2D eigenvalue weighted by atomic mass is 9.64. The maximum atomic E-state index is 5.42. The lowest BCUT2D eigenvalue weighted by Crippen LogP contribution is -2.38. The van der Waals surface area contributed by atoms with Crippen molar-refractivity contribution in [1.29, 1.82) is 0 Å². The Morgan fingerprint density at radius 3 is 2.05 bits per heavy atom. The van der Waals surface area contributed by atoms with Crippen molar-refractivity contribution in [2.75, 3.05) is 52.5 Å². The Morgan fingerprint density at radius 2 is 1.45 bits per heavy atom. The second-order valence-corrected chi connectivity index (χ2v) is 7.18. The first-order chi connectivity index (χ1) is 9.90. The summed E-state index contributed by atoms with van der Waals surface area (Å²) in [6.45, 7) is 9.47. The maximum Gasteiger partial charge on any atom is 0.0594 e. The summed E-state index contributed by atoms with van der Waals surface area (Å²) in [6, 6.07) is 0. The molecule has 3 heteroatoms.